The fourth-order valence-electron chi connectivity index (χ4n) is 3.50. The molecule has 156 valence electrons. The summed E-state index contributed by atoms with van der Waals surface area (Å²) in [4.78, 5) is 29.4. The fourth-order valence-corrected chi connectivity index (χ4v) is 3.50. The molecule has 1 aromatic carbocycles. The van der Waals surface area contributed by atoms with E-state index in [-0.39, 0.29) is 18.5 Å². The van der Waals surface area contributed by atoms with Crippen LogP contribution in [0.2, 0.25) is 0 Å². The van der Waals surface area contributed by atoms with E-state index in [1.165, 1.54) is 12.8 Å². The van der Waals surface area contributed by atoms with Gasteiger partial charge in [0.05, 0.1) is 0 Å². The van der Waals surface area contributed by atoms with Crippen molar-refractivity contribution in [2.75, 3.05) is 43.4 Å². The van der Waals surface area contributed by atoms with Crippen molar-refractivity contribution in [3.63, 3.8) is 0 Å². The van der Waals surface area contributed by atoms with Gasteiger partial charge in [-0.3, -0.25) is 4.79 Å². The number of para-hydroxylation sites is 1. The van der Waals surface area contributed by atoms with Crippen LogP contribution in [0.4, 0.5) is 16.3 Å². The second-order valence-electron chi connectivity index (χ2n) is 7.54. The first-order valence-corrected chi connectivity index (χ1v) is 10.00. The monoisotopic (exact) mass is 399 g/mol. The van der Waals surface area contributed by atoms with E-state index >= 15 is 0 Å². The van der Waals surface area contributed by atoms with Gasteiger partial charge < -0.3 is 25.0 Å². The highest BCUT2D eigenvalue weighted by molar-refractivity contribution is 5.97. The molecule has 2 aromatic rings. The number of rotatable bonds is 7. The van der Waals surface area contributed by atoms with Gasteiger partial charge in [-0.15, -0.1) is 0 Å². The van der Waals surface area contributed by atoms with E-state index < -0.39 is 0 Å². The molecule has 0 bridgehead atoms. The smallest absolute Gasteiger partial charge is 0.322 e. The third-order valence-electron chi connectivity index (χ3n) is 5.12. The van der Waals surface area contributed by atoms with Gasteiger partial charge in [-0.1, -0.05) is 23.4 Å². The Morgan fingerprint density at radius 3 is 2.45 bits per heavy atom. The maximum Gasteiger partial charge on any atom is 0.322 e. The maximum atomic E-state index is 13.0. The molecule has 0 spiro atoms. The summed E-state index contributed by atoms with van der Waals surface area (Å²) in [6.07, 6.45) is 2.36. The van der Waals surface area contributed by atoms with E-state index in [0.717, 1.165) is 36.4 Å². The van der Waals surface area contributed by atoms with E-state index in [1.807, 2.05) is 32.0 Å². The zero-order valence-electron chi connectivity index (χ0n) is 17.3. The highest BCUT2D eigenvalue weighted by atomic mass is 16.5. The number of nitrogens with one attached hydrogen (secondary N) is 2. The predicted molar refractivity (Wildman–Crippen MR) is 112 cm³/mol. The minimum atomic E-state index is -0.309. The number of benzene rings is 1. The molecule has 8 nitrogen and oxygen atoms in total. The molecular weight excluding hydrogens is 370 g/mol. The summed E-state index contributed by atoms with van der Waals surface area (Å²) in [5.74, 6) is 0.650. The molecule has 1 aliphatic heterocycles. The quantitative estimate of drug-likeness (QED) is 0.746. The first-order valence-electron chi connectivity index (χ1n) is 10.00. The molecule has 0 radical (unpaired) electrons. The Balaban J connectivity index is 1.67. The number of urea groups is 1. The summed E-state index contributed by atoms with van der Waals surface area (Å²) < 4.78 is 4.97. The molecule has 1 aromatic heterocycles. The third kappa shape index (κ3) is 5.80. The highest BCUT2D eigenvalue weighted by Gasteiger charge is 2.21. The topological polar surface area (TPSA) is 90.7 Å². The lowest BCUT2D eigenvalue weighted by Crippen LogP contribution is -2.44. The van der Waals surface area contributed by atoms with Gasteiger partial charge in [-0.25, -0.2) is 4.79 Å². The molecule has 1 saturated heterocycles. The molecule has 0 unspecified atom stereocenters. The van der Waals surface area contributed by atoms with Crippen molar-refractivity contribution in [1.29, 1.82) is 0 Å². The molecule has 3 rings (SSSR count). The second-order valence-corrected chi connectivity index (χ2v) is 7.54. The molecule has 0 atom stereocenters. The summed E-state index contributed by atoms with van der Waals surface area (Å²) in [6.45, 7) is 8.90. The summed E-state index contributed by atoms with van der Waals surface area (Å²) >= 11 is 0. The molecule has 0 saturated carbocycles. The van der Waals surface area contributed by atoms with Gasteiger partial charge >= 0.3 is 6.03 Å². The number of hydrogen-bond donors (Lipinski definition) is 2. The number of aryl methyl sites for hydroxylation is 3. The SMILES string of the molecule is Cc1cc(NC(=O)CN(CCN2CCCC2)C(=O)Nc2c(C)cccc2C)no1. The van der Waals surface area contributed by atoms with Gasteiger partial charge in [0.2, 0.25) is 5.91 Å². The van der Waals surface area contributed by atoms with Crippen molar-refractivity contribution < 1.29 is 14.1 Å². The van der Waals surface area contributed by atoms with Crippen molar-refractivity contribution in [2.45, 2.75) is 33.6 Å². The van der Waals surface area contributed by atoms with Gasteiger partial charge in [0.15, 0.2) is 5.82 Å². The van der Waals surface area contributed by atoms with Crippen LogP contribution in [0.5, 0.6) is 0 Å². The minimum absolute atomic E-state index is 0.0590. The summed E-state index contributed by atoms with van der Waals surface area (Å²) in [6, 6.07) is 7.23. The Hall–Kier alpha value is -2.87. The molecular formula is C21H29N5O3. The van der Waals surface area contributed by atoms with Gasteiger partial charge in [0.25, 0.3) is 0 Å². The molecule has 2 N–H and O–H groups in total. The van der Waals surface area contributed by atoms with Crippen LogP contribution in [0.3, 0.4) is 0 Å². The van der Waals surface area contributed by atoms with Crippen LogP contribution in [0, 0.1) is 20.8 Å². The first kappa shape index (κ1) is 20.9. The van der Waals surface area contributed by atoms with E-state index in [4.69, 9.17) is 4.52 Å². The highest BCUT2D eigenvalue weighted by Crippen LogP contribution is 2.20. The molecule has 8 heteroatoms. The number of likely N-dealkylation sites (tertiary alicyclic amines) is 1. The van der Waals surface area contributed by atoms with E-state index in [0.29, 0.717) is 18.1 Å². The molecule has 3 amide bonds. The Morgan fingerprint density at radius 2 is 1.83 bits per heavy atom. The first-order chi connectivity index (χ1) is 13.9. The summed E-state index contributed by atoms with van der Waals surface area (Å²) in [5.41, 5.74) is 2.76. The zero-order chi connectivity index (χ0) is 20.8. The summed E-state index contributed by atoms with van der Waals surface area (Å²) in [5, 5.41) is 9.44. The lowest BCUT2D eigenvalue weighted by Gasteiger charge is -2.26. The minimum Gasteiger partial charge on any atom is -0.360 e. The predicted octanol–water partition coefficient (Wildman–Crippen LogP) is 3.17. The Kier molecular flexibility index (Phi) is 6.87. The number of aromatic nitrogens is 1. The lowest BCUT2D eigenvalue weighted by molar-refractivity contribution is -0.116. The van der Waals surface area contributed by atoms with E-state index in [2.05, 4.69) is 20.7 Å². The van der Waals surface area contributed by atoms with Gasteiger partial charge in [-0.05, 0) is 57.8 Å². The molecule has 2 heterocycles. The van der Waals surface area contributed by atoms with Gasteiger partial charge in [0, 0.05) is 24.8 Å². The Labute approximate surface area is 171 Å². The number of carbonyl (C=O) groups excluding carboxylic acids is 2. The third-order valence-corrected chi connectivity index (χ3v) is 5.12. The van der Waals surface area contributed by atoms with Crippen molar-refractivity contribution >= 4 is 23.4 Å². The van der Waals surface area contributed by atoms with Crippen LogP contribution in [-0.2, 0) is 4.79 Å². The van der Waals surface area contributed by atoms with Gasteiger partial charge in [0.1, 0.15) is 12.3 Å². The van der Waals surface area contributed by atoms with E-state index in [1.54, 1.807) is 17.9 Å². The van der Waals surface area contributed by atoms with Crippen LogP contribution in [-0.4, -0.2) is 59.6 Å². The lowest BCUT2D eigenvalue weighted by atomic mass is 10.1. The average molecular weight is 399 g/mol. The average Bonchev–Trinajstić information content (AvgIpc) is 3.33. The molecule has 1 aliphatic rings. The summed E-state index contributed by atoms with van der Waals surface area (Å²) in [7, 11) is 0. The molecule has 29 heavy (non-hydrogen) atoms. The van der Waals surface area contributed by atoms with E-state index in [9.17, 15) is 9.59 Å². The fraction of sp³-hybridized carbons (Fsp3) is 0.476. The van der Waals surface area contributed by atoms with Crippen LogP contribution < -0.4 is 10.6 Å². The molecule has 1 fully saturated rings. The second kappa shape index (κ2) is 9.56. The van der Waals surface area contributed by atoms with Crippen LogP contribution in [0.15, 0.2) is 28.8 Å². The number of carbonyl (C=O) groups is 2. The number of hydrogen-bond acceptors (Lipinski definition) is 5. The number of anilines is 2. The number of nitrogens with zero attached hydrogens (tertiary/aromatic N) is 3. The van der Waals surface area contributed by atoms with Crippen LogP contribution in [0.1, 0.15) is 29.7 Å². The normalized spacial score (nSPS) is 14.0. The Bertz CT molecular complexity index is 838. The van der Waals surface area contributed by atoms with Crippen molar-refractivity contribution in [2.24, 2.45) is 0 Å². The van der Waals surface area contributed by atoms with Crippen molar-refractivity contribution in [3.05, 3.63) is 41.2 Å². The van der Waals surface area contributed by atoms with Crippen LogP contribution >= 0.6 is 0 Å². The zero-order valence-corrected chi connectivity index (χ0v) is 17.3. The van der Waals surface area contributed by atoms with Crippen LogP contribution in [0.25, 0.3) is 0 Å². The maximum absolute atomic E-state index is 13.0. The van der Waals surface area contributed by atoms with Gasteiger partial charge in [-0.2, -0.15) is 0 Å². The standard InChI is InChI=1S/C21H29N5O3/c1-15-7-6-8-16(2)20(15)23-21(28)26(12-11-25-9-4-5-10-25)14-19(27)22-18-13-17(3)29-24-18/h6-8,13H,4-5,9-12,14H2,1-3H3,(H,23,28)(H,22,24,27). The van der Waals surface area contributed by atoms with Crippen molar-refractivity contribution in [1.82, 2.24) is 15.0 Å². The molecule has 0 aliphatic carbocycles. The Morgan fingerprint density at radius 1 is 1.14 bits per heavy atom. The van der Waals surface area contributed by atoms with Crippen molar-refractivity contribution in [3.8, 4) is 0 Å². The largest absolute Gasteiger partial charge is 0.360 e. The number of amides is 3.